The van der Waals surface area contributed by atoms with Gasteiger partial charge < -0.3 is 4.74 Å². The van der Waals surface area contributed by atoms with Crippen LogP contribution in [0.1, 0.15) is 22.4 Å². The molecule has 0 spiro atoms. The van der Waals surface area contributed by atoms with E-state index in [1.807, 2.05) is 19.1 Å². The first-order valence-electron chi connectivity index (χ1n) is 11.2. The third-order valence-corrected chi connectivity index (χ3v) is 5.87. The van der Waals surface area contributed by atoms with Crippen molar-refractivity contribution in [2.75, 3.05) is 0 Å². The van der Waals surface area contributed by atoms with Gasteiger partial charge in [-0.1, -0.05) is 29.8 Å². The topological polar surface area (TPSA) is 39.9 Å². The van der Waals surface area contributed by atoms with E-state index in [0.29, 0.717) is 17.0 Å². The molecule has 3 aromatic carbocycles. The lowest BCUT2D eigenvalue weighted by atomic mass is 10.0. The molecule has 4 nitrogen and oxygen atoms in total. The molecule has 0 unspecified atom stereocenters. The third kappa shape index (κ3) is 4.66. The van der Waals surface area contributed by atoms with Gasteiger partial charge in [0.2, 0.25) is 0 Å². The van der Waals surface area contributed by atoms with Gasteiger partial charge in [0.25, 0.3) is 0 Å². The smallest absolute Gasteiger partial charge is 0.417 e. The number of fused-ring (bicyclic) bond motifs is 1. The van der Waals surface area contributed by atoms with E-state index < -0.39 is 11.7 Å². The Labute approximate surface area is 204 Å². The summed E-state index contributed by atoms with van der Waals surface area (Å²) in [4.78, 5) is 4.59. The average molecular weight is 491 g/mol. The molecule has 0 bridgehead atoms. The number of ether oxygens (including phenoxy) is 1. The van der Waals surface area contributed by atoms with Gasteiger partial charge in [-0.25, -0.2) is 14.1 Å². The molecule has 0 saturated carbocycles. The number of benzene rings is 3. The highest BCUT2D eigenvalue weighted by atomic mass is 19.4. The minimum Gasteiger partial charge on any atom is -0.489 e. The Kier molecular flexibility index (Phi) is 5.96. The largest absolute Gasteiger partial charge is 0.489 e. The number of alkyl halides is 3. The number of aryl methyl sites for hydroxylation is 2. The van der Waals surface area contributed by atoms with Crippen LogP contribution in [0.15, 0.2) is 78.9 Å². The van der Waals surface area contributed by atoms with Crippen LogP contribution in [0.3, 0.4) is 0 Å². The molecule has 182 valence electrons. The van der Waals surface area contributed by atoms with Gasteiger partial charge in [-0.15, -0.1) is 0 Å². The van der Waals surface area contributed by atoms with Crippen LogP contribution in [0.5, 0.6) is 5.75 Å². The summed E-state index contributed by atoms with van der Waals surface area (Å²) >= 11 is 0. The van der Waals surface area contributed by atoms with Crippen molar-refractivity contribution >= 4 is 11.0 Å². The maximum atomic E-state index is 14.1. The molecule has 0 radical (unpaired) electrons. The Morgan fingerprint density at radius 3 is 2.17 bits per heavy atom. The molecule has 0 N–H and O–H groups in total. The van der Waals surface area contributed by atoms with E-state index >= 15 is 0 Å². The van der Waals surface area contributed by atoms with E-state index in [4.69, 9.17) is 4.74 Å². The highest BCUT2D eigenvalue weighted by molar-refractivity contribution is 5.87. The molecular formula is C28H21F4N3O. The lowest BCUT2D eigenvalue weighted by molar-refractivity contribution is -0.136. The summed E-state index contributed by atoms with van der Waals surface area (Å²) < 4.78 is 62.5. The second-order valence-corrected chi connectivity index (χ2v) is 8.52. The second kappa shape index (κ2) is 9.11. The predicted molar refractivity (Wildman–Crippen MR) is 130 cm³/mol. The number of rotatable bonds is 5. The zero-order valence-corrected chi connectivity index (χ0v) is 19.5. The van der Waals surface area contributed by atoms with E-state index in [1.54, 1.807) is 55.5 Å². The van der Waals surface area contributed by atoms with Gasteiger partial charge in [0.1, 0.15) is 18.2 Å². The summed E-state index contributed by atoms with van der Waals surface area (Å²) in [6.45, 7) is 3.72. The van der Waals surface area contributed by atoms with E-state index in [1.165, 1.54) is 16.8 Å². The molecule has 0 atom stereocenters. The lowest BCUT2D eigenvalue weighted by Crippen LogP contribution is -2.08. The van der Waals surface area contributed by atoms with Crippen LogP contribution in [-0.2, 0) is 12.8 Å². The van der Waals surface area contributed by atoms with Crippen LogP contribution >= 0.6 is 0 Å². The van der Waals surface area contributed by atoms with Crippen LogP contribution in [0.2, 0.25) is 0 Å². The van der Waals surface area contributed by atoms with Gasteiger partial charge in [-0.05, 0) is 74.0 Å². The van der Waals surface area contributed by atoms with Gasteiger partial charge in [0.15, 0.2) is 5.65 Å². The van der Waals surface area contributed by atoms with Crippen molar-refractivity contribution in [2.24, 2.45) is 0 Å². The van der Waals surface area contributed by atoms with Gasteiger partial charge in [-0.2, -0.15) is 18.3 Å². The van der Waals surface area contributed by atoms with Crippen LogP contribution in [0, 0.1) is 19.7 Å². The normalized spacial score (nSPS) is 11.7. The molecule has 5 aromatic rings. The number of aromatic nitrogens is 3. The summed E-state index contributed by atoms with van der Waals surface area (Å²) in [5.41, 5.74) is 2.73. The fourth-order valence-corrected chi connectivity index (χ4v) is 4.00. The minimum absolute atomic E-state index is 0.0222. The van der Waals surface area contributed by atoms with Crippen LogP contribution < -0.4 is 4.74 Å². The highest BCUT2D eigenvalue weighted by Gasteiger charge is 2.35. The quantitative estimate of drug-likeness (QED) is 0.240. The minimum atomic E-state index is -4.58. The maximum Gasteiger partial charge on any atom is 0.417 e. The zero-order chi connectivity index (χ0) is 25.4. The fourth-order valence-electron chi connectivity index (χ4n) is 4.00. The zero-order valence-electron chi connectivity index (χ0n) is 19.5. The van der Waals surface area contributed by atoms with E-state index in [9.17, 15) is 17.6 Å². The van der Waals surface area contributed by atoms with Gasteiger partial charge in [0.05, 0.1) is 28.0 Å². The van der Waals surface area contributed by atoms with Crippen molar-refractivity contribution in [1.29, 1.82) is 0 Å². The molecule has 8 heteroatoms. The van der Waals surface area contributed by atoms with E-state index in [0.717, 1.165) is 17.2 Å². The average Bonchev–Trinajstić information content (AvgIpc) is 3.19. The maximum absolute atomic E-state index is 14.1. The molecule has 0 aliphatic carbocycles. The SMILES string of the molecule is Cc1ccc(-n2nc(C)c3c(C(F)(F)F)cc(-c4ccc(OCc5ccc(F)cc5)cc4)nc32)cc1. The number of halogens is 4. The molecule has 0 amide bonds. The van der Waals surface area contributed by atoms with Crippen LogP contribution in [0.4, 0.5) is 17.6 Å². The Morgan fingerprint density at radius 2 is 1.53 bits per heavy atom. The molecule has 0 aliphatic heterocycles. The molecule has 2 aromatic heterocycles. The predicted octanol–water partition coefficient (Wildman–Crippen LogP) is 7.44. The van der Waals surface area contributed by atoms with Crippen LogP contribution in [-0.4, -0.2) is 14.8 Å². The molecule has 0 saturated heterocycles. The lowest BCUT2D eigenvalue weighted by Gasteiger charge is -2.12. The van der Waals surface area contributed by atoms with Crippen molar-refractivity contribution in [3.8, 4) is 22.7 Å². The summed E-state index contributed by atoms with van der Waals surface area (Å²) in [5, 5.41) is 4.36. The number of pyridine rings is 1. The summed E-state index contributed by atoms with van der Waals surface area (Å²) in [6.07, 6.45) is -4.58. The summed E-state index contributed by atoms with van der Waals surface area (Å²) in [5.74, 6) is 0.199. The van der Waals surface area contributed by atoms with Crippen molar-refractivity contribution in [3.05, 3.63) is 107 Å². The molecule has 0 fully saturated rings. The molecule has 0 aliphatic rings. The standard InChI is InChI=1S/C28H21F4N3O/c1-17-3-11-22(12-4-17)35-27-26(18(2)34-35)24(28(30,31)32)15-25(33-27)20-7-13-23(14-8-20)36-16-19-5-9-21(29)10-6-19/h3-15H,16H2,1-2H3. The Bertz CT molecular complexity index is 1520. The van der Waals surface area contributed by atoms with Crippen LogP contribution in [0.25, 0.3) is 28.0 Å². The van der Waals surface area contributed by atoms with Crippen molar-refractivity contribution in [1.82, 2.24) is 14.8 Å². The summed E-state index contributed by atoms with van der Waals surface area (Å²) in [7, 11) is 0. The Morgan fingerprint density at radius 1 is 0.861 bits per heavy atom. The molecular weight excluding hydrogens is 470 g/mol. The second-order valence-electron chi connectivity index (χ2n) is 8.52. The van der Waals surface area contributed by atoms with E-state index in [2.05, 4.69) is 10.1 Å². The number of hydrogen-bond donors (Lipinski definition) is 0. The number of hydrogen-bond acceptors (Lipinski definition) is 3. The Balaban J connectivity index is 1.53. The van der Waals surface area contributed by atoms with Gasteiger partial charge in [-0.3, -0.25) is 0 Å². The third-order valence-electron chi connectivity index (χ3n) is 5.87. The van der Waals surface area contributed by atoms with Crippen molar-refractivity contribution in [2.45, 2.75) is 26.6 Å². The first-order valence-corrected chi connectivity index (χ1v) is 11.2. The Hall–Kier alpha value is -4.20. The molecule has 36 heavy (non-hydrogen) atoms. The molecule has 2 heterocycles. The van der Waals surface area contributed by atoms with Gasteiger partial charge >= 0.3 is 6.18 Å². The fraction of sp³-hybridized carbons (Fsp3) is 0.143. The first-order chi connectivity index (χ1) is 17.2. The van der Waals surface area contributed by atoms with Gasteiger partial charge in [0, 0.05) is 5.56 Å². The highest BCUT2D eigenvalue weighted by Crippen LogP contribution is 2.39. The van der Waals surface area contributed by atoms with Crippen molar-refractivity contribution in [3.63, 3.8) is 0 Å². The van der Waals surface area contributed by atoms with Crippen molar-refractivity contribution < 1.29 is 22.3 Å². The first kappa shape index (κ1) is 23.5. The van der Waals surface area contributed by atoms with E-state index in [-0.39, 0.29) is 34.8 Å². The molecule has 5 rings (SSSR count). The number of nitrogens with zero attached hydrogens (tertiary/aromatic N) is 3. The summed E-state index contributed by atoms with van der Waals surface area (Å²) in [6, 6.07) is 21.0. The monoisotopic (exact) mass is 491 g/mol.